The highest BCUT2D eigenvalue weighted by molar-refractivity contribution is 5.83. The number of amides is 1. The van der Waals surface area contributed by atoms with Gasteiger partial charge in [-0.2, -0.15) is 0 Å². The summed E-state index contributed by atoms with van der Waals surface area (Å²) in [5.74, 6) is -1.13. The molecule has 0 saturated carbocycles. The zero-order chi connectivity index (χ0) is 17.7. The minimum absolute atomic E-state index is 0.00938. The normalized spacial score (nSPS) is 11.8. The number of H-pyrrole nitrogens is 1. The Labute approximate surface area is 138 Å². The number of aliphatic carboxylic acids is 1. The third-order valence-corrected chi connectivity index (χ3v) is 3.51. The first kappa shape index (κ1) is 17.3. The second kappa shape index (κ2) is 7.49. The Kier molecular flexibility index (Phi) is 5.41. The van der Waals surface area contributed by atoms with Crippen LogP contribution < -0.4 is 10.9 Å². The van der Waals surface area contributed by atoms with E-state index in [0.29, 0.717) is 22.6 Å². The minimum Gasteiger partial charge on any atom is -0.480 e. The summed E-state index contributed by atoms with van der Waals surface area (Å²) >= 11 is 0. The fraction of sp³-hybridized carbons (Fsp3) is 0.312. The first-order valence-corrected chi connectivity index (χ1v) is 7.41. The molecule has 1 atom stereocenters. The molecule has 2 heterocycles. The zero-order valence-electron chi connectivity index (χ0n) is 13.4. The number of nitrogens with one attached hydrogen (secondary N) is 2. The fourth-order valence-corrected chi connectivity index (χ4v) is 2.16. The molecule has 0 aliphatic heterocycles. The Hall–Kier alpha value is -3.03. The highest BCUT2D eigenvalue weighted by Crippen LogP contribution is 2.13. The average Bonchev–Trinajstić information content (AvgIpc) is 2.54. The smallest absolute Gasteiger partial charge is 0.325 e. The van der Waals surface area contributed by atoms with Gasteiger partial charge >= 0.3 is 5.97 Å². The van der Waals surface area contributed by atoms with Gasteiger partial charge in [0.25, 0.3) is 5.56 Å². The molecule has 126 valence electrons. The summed E-state index contributed by atoms with van der Waals surface area (Å²) in [4.78, 5) is 45.7. The van der Waals surface area contributed by atoms with Gasteiger partial charge in [0.1, 0.15) is 11.9 Å². The predicted octanol–water partition coefficient (Wildman–Crippen LogP) is 0.662. The highest BCUT2D eigenvalue weighted by Gasteiger charge is 2.15. The largest absolute Gasteiger partial charge is 0.480 e. The van der Waals surface area contributed by atoms with E-state index in [-0.39, 0.29) is 18.4 Å². The van der Waals surface area contributed by atoms with Gasteiger partial charge < -0.3 is 15.4 Å². The van der Waals surface area contributed by atoms with E-state index in [1.54, 1.807) is 31.5 Å². The van der Waals surface area contributed by atoms with E-state index in [9.17, 15) is 14.4 Å². The van der Waals surface area contributed by atoms with Crippen molar-refractivity contribution in [1.29, 1.82) is 0 Å². The van der Waals surface area contributed by atoms with E-state index >= 15 is 0 Å². The molecule has 0 aliphatic carbocycles. The second-order valence-electron chi connectivity index (χ2n) is 5.35. The Balaban J connectivity index is 2.11. The van der Waals surface area contributed by atoms with E-state index in [4.69, 9.17) is 5.11 Å². The van der Waals surface area contributed by atoms with Crippen LogP contribution in [0.4, 0.5) is 0 Å². The molecule has 24 heavy (non-hydrogen) atoms. The summed E-state index contributed by atoms with van der Waals surface area (Å²) in [5, 5.41) is 11.1. The maximum atomic E-state index is 12.2. The van der Waals surface area contributed by atoms with E-state index < -0.39 is 17.9 Å². The SMILES string of the molecule is Cc1nc(-c2cccnc2)[nH]c(=O)c1CCC(=O)NC(C)C(=O)O. The molecule has 8 nitrogen and oxygen atoms in total. The number of aryl methyl sites for hydroxylation is 1. The molecule has 2 aromatic heterocycles. The van der Waals surface area contributed by atoms with Crippen LogP contribution in [0.25, 0.3) is 11.4 Å². The molecule has 0 saturated heterocycles. The minimum atomic E-state index is -1.11. The number of pyridine rings is 1. The maximum absolute atomic E-state index is 12.2. The van der Waals surface area contributed by atoms with E-state index in [1.165, 1.54) is 6.92 Å². The van der Waals surface area contributed by atoms with Gasteiger partial charge in [0.05, 0.1) is 0 Å². The zero-order valence-corrected chi connectivity index (χ0v) is 13.4. The number of hydrogen-bond donors (Lipinski definition) is 3. The Bertz CT molecular complexity index is 801. The molecule has 0 radical (unpaired) electrons. The van der Waals surface area contributed by atoms with Gasteiger partial charge in [-0.05, 0) is 32.4 Å². The number of carboxylic acid groups (broad SMARTS) is 1. The first-order valence-electron chi connectivity index (χ1n) is 7.41. The molecule has 2 aromatic rings. The van der Waals surface area contributed by atoms with Crippen LogP contribution in [0.2, 0.25) is 0 Å². The lowest BCUT2D eigenvalue weighted by Gasteiger charge is -2.10. The Morgan fingerprint density at radius 2 is 2.17 bits per heavy atom. The summed E-state index contributed by atoms with van der Waals surface area (Å²) in [6.07, 6.45) is 3.41. The van der Waals surface area contributed by atoms with Gasteiger partial charge in [0.15, 0.2) is 0 Å². The van der Waals surface area contributed by atoms with Gasteiger partial charge in [-0.3, -0.25) is 19.4 Å². The predicted molar refractivity (Wildman–Crippen MR) is 86.4 cm³/mol. The van der Waals surface area contributed by atoms with Crippen LogP contribution >= 0.6 is 0 Å². The van der Waals surface area contributed by atoms with Crippen molar-refractivity contribution < 1.29 is 14.7 Å². The van der Waals surface area contributed by atoms with Crippen molar-refractivity contribution in [2.45, 2.75) is 32.7 Å². The molecule has 0 aromatic carbocycles. The van der Waals surface area contributed by atoms with Gasteiger partial charge in [0.2, 0.25) is 5.91 Å². The van der Waals surface area contributed by atoms with Gasteiger partial charge in [-0.1, -0.05) is 0 Å². The molecule has 0 spiro atoms. The van der Waals surface area contributed by atoms with Crippen molar-refractivity contribution >= 4 is 11.9 Å². The Morgan fingerprint density at radius 3 is 2.75 bits per heavy atom. The molecular formula is C16H18N4O4. The van der Waals surface area contributed by atoms with Gasteiger partial charge in [-0.25, -0.2) is 4.98 Å². The molecule has 3 N–H and O–H groups in total. The molecular weight excluding hydrogens is 312 g/mol. The maximum Gasteiger partial charge on any atom is 0.325 e. The van der Waals surface area contributed by atoms with Crippen LogP contribution in [0, 0.1) is 6.92 Å². The second-order valence-corrected chi connectivity index (χ2v) is 5.35. The van der Waals surface area contributed by atoms with Crippen molar-refractivity contribution in [3.63, 3.8) is 0 Å². The van der Waals surface area contributed by atoms with Crippen molar-refractivity contribution in [1.82, 2.24) is 20.3 Å². The quantitative estimate of drug-likeness (QED) is 0.714. The molecule has 2 rings (SSSR count). The summed E-state index contributed by atoms with van der Waals surface area (Å²) in [6.45, 7) is 3.07. The summed E-state index contributed by atoms with van der Waals surface area (Å²) < 4.78 is 0. The third kappa shape index (κ3) is 4.25. The lowest BCUT2D eigenvalue weighted by atomic mass is 10.1. The Morgan fingerprint density at radius 1 is 1.42 bits per heavy atom. The van der Waals surface area contributed by atoms with Crippen molar-refractivity contribution in [2.75, 3.05) is 0 Å². The van der Waals surface area contributed by atoms with Gasteiger partial charge in [0, 0.05) is 35.6 Å². The van der Waals surface area contributed by atoms with Crippen LogP contribution in [-0.2, 0) is 16.0 Å². The molecule has 1 unspecified atom stereocenters. The number of nitrogens with zero attached hydrogens (tertiary/aromatic N) is 2. The number of rotatable bonds is 6. The van der Waals surface area contributed by atoms with E-state index in [2.05, 4.69) is 20.3 Å². The van der Waals surface area contributed by atoms with Crippen molar-refractivity contribution in [3.8, 4) is 11.4 Å². The monoisotopic (exact) mass is 330 g/mol. The molecule has 0 aliphatic rings. The number of carbonyl (C=O) groups excluding carboxylic acids is 1. The van der Waals surface area contributed by atoms with Crippen LogP contribution in [0.3, 0.4) is 0 Å². The fourth-order valence-electron chi connectivity index (χ4n) is 2.16. The van der Waals surface area contributed by atoms with Crippen LogP contribution in [-0.4, -0.2) is 38.0 Å². The first-order chi connectivity index (χ1) is 11.4. The lowest BCUT2D eigenvalue weighted by molar-refractivity contribution is -0.141. The molecule has 1 amide bonds. The van der Waals surface area contributed by atoms with Crippen LogP contribution in [0.15, 0.2) is 29.3 Å². The standard InChI is InChI=1S/C16H18N4O4/c1-9-12(5-6-13(21)18-10(2)16(23)24)15(22)20-14(19-9)11-4-3-7-17-8-11/h3-4,7-8,10H,5-6H2,1-2H3,(H,18,21)(H,23,24)(H,19,20,22). The average molecular weight is 330 g/mol. The van der Waals surface area contributed by atoms with Gasteiger partial charge in [-0.15, -0.1) is 0 Å². The van der Waals surface area contributed by atoms with Crippen molar-refractivity contribution in [2.24, 2.45) is 0 Å². The number of aromatic nitrogens is 3. The number of carboxylic acids is 1. The number of carbonyl (C=O) groups is 2. The van der Waals surface area contributed by atoms with E-state index in [0.717, 1.165) is 0 Å². The summed E-state index contributed by atoms with van der Waals surface area (Å²) in [5.41, 5.74) is 1.30. The molecule has 8 heteroatoms. The lowest BCUT2D eigenvalue weighted by Crippen LogP contribution is -2.38. The van der Waals surface area contributed by atoms with Crippen molar-refractivity contribution in [3.05, 3.63) is 46.1 Å². The number of hydrogen-bond acceptors (Lipinski definition) is 5. The summed E-state index contributed by atoms with van der Waals surface area (Å²) in [7, 11) is 0. The topological polar surface area (TPSA) is 125 Å². The van der Waals surface area contributed by atoms with Crippen LogP contribution in [0.1, 0.15) is 24.6 Å². The third-order valence-electron chi connectivity index (χ3n) is 3.51. The van der Waals surface area contributed by atoms with E-state index in [1.807, 2.05) is 0 Å². The molecule has 0 bridgehead atoms. The molecule has 0 fully saturated rings. The number of aromatic amines is 1. The highest BCUT2D eigenvalue weighted by atomic mass is 16.4. The van der Waals surface area contributed by atoms with Crippen LogP contribution in [0.5, 0.6) is 0 Å². The summed E-state index contributed by atoms with van der Waals surface area (Å²) in [6, 6.07) is 2.56.